The van der Waals surface area contributed by atoms with E-state index < -0.39 is 0 Å². The van der Waals surface area contributed by atoms with E-state index in [0.717, 1.165) is 15.6 Å². The Hall–Kier alpha value is -1.30. The number of hydrogen-bond acceptors (Lipinski definition) is 2. The number of benzene rings is 2. The molecule has 0 fully saturated rings. The van der Waals surface area contributed by atoms with Gasteiger partial charge in [-0.05, 0) is 60.4 Å². The first kappa shape index (κ1) is 15.1. The number of rotatable bonds is 4. The molecule has 0 aliphatic carbocycles. The van der Waals surface area contributed by atoms with E-state index in [1.54, 1.807) is 18.2 Å². The highest BCUT2D eigenvalue weighted by Crippen LogP contribution is 2.25. The van der Waals surface area contributed by atoms with Crippen LogP contribution in [-0.2, 0) is 6.42 Å². The van der Waals surface area contributed by atoms with Gasteiger partial charge in [0.25, 0.3) is 0 Å². The molecule has 2 aromatic rings. The quantitative estimate of drug-likeness (QED) is 0.656. The van der Waals surface area contributed by atoms with Gasteiger partial charge in [-0.3, -0.25) is 11.3 Å². The molecule has 2 nitrogen and oxygen atoms in total. The van der Waals surface area contributed by atoms with E-state index in [0.29, 0.717) is 12.0 Å². The van der Waals surface area contributed by atoms with Crippen LogP contribution >= 0.6 is 15.9 Å². The van der Waals surface area contributed by atoms with E-state index in [4.69, 9.17) is 5.84 Å². The monoisotopic (exact) mass is 340 g/mol. The van der Waals surface area contributed by atoms with Crippen molar-refractivity contribution in [3.05, 3.63) is 69.2 Å². The van der Waals surface area contributed by atoms with Crippen LogP contribution in [0.25, 0.3) is 0 Å². The van der Waals surface area contributed by atoms with Gasteiger partial charge >= 0.3 is 0 Å². The van der Waals surface area contributed by atoms with Crippen molar-refractivity contribution in [2.45, 2.75) is 19.4 Å². The Morgan fingerprint density at radius 3 is 2.65 bits per heavy atom. The number of hydrogen-bond donors (Lipinski definition) is 2. The van der Waals surface area contributed by atoms with Crippen LogP contribution < -0.4 is 11.3 Å². The molecule has 0 spiro atoms. The van der Waals surface area contributed by atoms with Gasteiger partial charge in [0, 0.05) is 4.47 Å². The normalized spacial score (nSPS) is 12.4. The van der Waals surface area contributed by atoms with E-state index >= 15 is 0 Å². The smallest absolute Gasteiger partial charge is 0.126 e. The standard InChI is InChI=1S/C15H15BrF2N2/c1-9-2-4-12(17)8-13(9)15(20-19)7-10-6-11(16)3-5-14(10)18/h2-6,8,15,20H,7,19H2,1H3. The minimum atomic E-state index is -0.352. The Labute approximate surface area is 125 Å². The minimum Gasteiger partial charge on any atom is -0.271 e. The van der Waals surface area contributed by atoms with Gasteiger partial charge in [-0.25, -0.2) is 8.78 Å². The van der Waals surface area contributed by atoms with Crippen molar-refractivity contribution in [3.8, 4) is 0 Å². The van der Waals surface area contributed by atoms with Gasteiger partial charge in [-0.1, -0.05) is 22.0 Å². The number of nitrogens with two attached hydrogens (primary N) is 1. The molecule has 1 atom stereocenters. The van der Waals surface area contributed by atoms with Gasteiger partial charge in [-0.2, -0.15) is 0 Å². The summed E-state index contributed by atoms with van der Waals surface area (Å²) in [4.78, 5) is 0. The van der Waals surface area contributed by atoms with Crippen molar-refractivity contribution in [2.24, 2.45) is 5.84 Å². The second-order valence-electron chi connectivity index (χ2n) is 4.66. The maximum absolute atomic E-state index is 13.8. The Morgan fingerprint density at radius 2 is 1.95 bits per heavy atom. The predicted octanol–water partition coefficient (Wildman–Crippen LogP) is 3.78. The summed E-state index contributed by atoms with van der Waals surface area (Å²) < 4.78 is 28.0. The minimum absolute atomic E-state index is 0.303. The summed E-state index contributed by atoms with van der Waals surface area (Å²) in [6, 6.07) is 8.89. The lowest BCUT2D eigenvalue weighted by molar-refractivity contribution is 0.522. The van der Waals surface area contributed by atoms with Crippen molar-refractivity contribution in [1.29, 1.82) is 0 Å². The Kier molecular flexibility index (Phi) is 4.86. The predicted molar refractivity (Wildman–Crippen MR) is 79.0 cm³/mol. The Morgan fingerprint density at radius 1 is 1.20 bits per heavy atom. The number of hydrazine groups is 1. The second-order valence-corrected chi connectivity index (χ2v) is 5.58. The first-order valence-corrected chi connectivity index (χ1v) is 6.96. The van der Waals surface area contributed by atoms with E-state index in [9.17, 15) is 8.78 Å². The zero-order chi connectivity index (χ0) is 14.7. The molecule has 0 heterocycles. The van der Waals surface area contributed by atoms with Crippen molar-refractivity contribution >= 4 is 15.9 Å². The molecule has 1 unspecified atom stereocenters. The van der Waals surface area contributed by atoms with Crippen molar-refractivity contribution in [3.63, 3.8) is 0 Å². The highest BCUT2D eigenvalue weighted by atomic mass is 79.9. The third-order valence-corrected chi connectivity index (χ3v) is 3.74. The lowest BCUT2D eigenvalue weighted by Crippen LogP contribution is -2.30. The third kappa shape index (κ3) is 3.42. The lowest BCUT2D eigenvalue weighted by atomic mass is 9.95. The molecule has 3 N–H and O–H groups in total. The second kappa shape index (κ2) is 6.43. The van der Waals surface area contributed by atoms with Crippen LogP contribution in [0, 0.1) is 18.6 Å². The fraction of sp³-hybridized carbons (Fsp3) is 0.200. The topological polar surface area (TPSA) is 38.0 Å². The van der Waals surface area contributed by atoms with E-state index in [1.165, 1.54) is 18.2 Å². The Bertz CT molecular complexity index is 617. The first-order valence-electron chi connectivity index (χ1n) is 6.17. The maximum Gasteiger partial charge on any atom is 0.126 e. The molecule has 106 valence electrons. The molecule has 0 saturated heterocycles. The highest BCUT2D eigenvalue weighted by Gasteiger charge is 2.16. The summed E-state index contributed by atoms with van der Waals surface area (Å²) in [5.74, 6) is 4.92. The largest absolute Gasteiger partial charge is 0.271 e. The van der Waals surface area contributed by atoms with Gasteiger partial charge in [0.1, 0.15) is 11.6 Å². The summed E-state index contributed by atoms with van der Waals surface area (Å²) in [5, 5.41) is 0. The van der Waals surface area contributed by atoms with Gasteiger partial charge in [0.05, 0.1) is 6.04 Å². The fourth-order valence-corrected chi connectivity index (χ4v) is 2.57. The molecule has 0 aromatic heterocycles. The zero-order valence-electron chi connectivity index (χ0n) is 11.0. The van der Waals surface area contributed by atoms with E-state index in [-0.39, 0.29) is 17.7 Å². The van der Waals surface area contributed by atoms with Crippen LogP contribution in [0.5, 0.6) is 0 Å². The highest BCUT2D eigenvalue weighted by molar-refractivity contribution is 9.10. The molecule has 0 aliphatic heterocycles. The zero-order valence-corrected chi connectivity index (χ0v) is 12.5. The van der Waals surface area contributed by atoms with Crippen molar-refractivity contribution < 1.29 is 8.78 Å². The molecule has 5 heteroatoms. The summed E-state index contributed by atoms with van der Waals surface area (Å²) in [5.41, 5.74) is 4.79. The average molecular weight is 341 g/mol. The molecule has 0 bridgehead atoms. The molecule has 2 aromatic carbocycles. The van der Waals surface area contributed by atoms with Crippen LogP contribution in [0.1, 0.15) is 22.7 Å². The van der Waals surface area contributed by atoms with E-state index in [1.807, 2.05) is 6.92 Å². The Balaban J connectivity index is 2.33. The van der Waals surface area contributed by atoms with Gasteiger partial charge in [-0.15, -0.1) is 0 Å². The molecular weight excluding hydrogens is 326 g/mol. The van der Waals surface area contributed by atoms with Crippen LogP contribution in [0.4, 0.5) is 8.78 Å². The maximum atomic E-state index is 13.8. The summed E-state index contributed by atoms with van der Waals surface area (Å²) in [6.07, 6.45) is 0.339. The molecule has 0 aliphatic rings. The molecule has 0 radical (unpaired) electrons. The summed E-state index contributed by atoms with van der Waals surface area (Å²) >= 11 is 3.31. The molecule has 20 heavy (non-hydrogen) atoms. The molecule has 0 amide bonds. The van der Waals surface area contributed by atoms with Crippen LogP contribution in [0.2, 0.25) is 0 Å². The van der Waals surface area contributed by atoms with Crippen LogP contribution in [0.3, 0.4) is 0 Å². The van der Waals surface area contributed by atoms with Crippen LogP contribution in [-0.4, -0.2) is 0 Å². The van der Waals surface area contributed by atoms with Gasteiger partial charge in [0.2, 0.25) is 0 Å². The van der Waals surface area contributed by atoms with Crippen LogP contribution in [0.15, 0.2) is 40.9 Å². The van der Waals surface area contributed by atoms with Crippen molar-refractivity contribution in [1.82, 2.24) is 5.43 Å². The molecular formula is C15H15BrF2N2. The summed E-state index contributed by atoms with van der Waals surface area (Å²) in [6.45, 7) is 1.87. The average Bonchev–Trinajstić information content (AvgIpc) is 2.42. The van der Waals surface area contributed by atoms with Crippen molar-refractivity contribution in [2.75, 3.05) is 0 Å². The van der Waals surface area contributed by atoms with Gasteiger partial charge in [0.15, 0.2) is 0 Å². The first-order chi connectivity index (χ1) is 9.51. The molecule has 2 rings (SSSR count). The third-order valence-electron chi connectivity index (χ3n) is 3.25. The number of aryl methyl sites for hydroxylation is 1. The number of nitrogens with one attached hydrogen (secondary N) is 1. The number of halogens is 3. The van der Waals surface area contributed by atoms with Gasteiger partial charge < -0.3 is 0 Å². The molecule has 0 saturated carbocycles. The fourth-order valence-electron chi connectivity index (χ4n) is 2.17. The SMILES string of the molecule is Cc1ccc(F)cc1C(Cc1cc(Br)ccc1F)NN. The van der Waals surface area contributed by atoms with E-state index in [2.05, 4.69) is 21.4 Å². The lowest BCUT2D eigenvalue weighted by Gasteiger charge is -2.19. The summed E-state index contributed by atoms with van der Waals surface area (Å²) in [7, 11) is 0.